The van der Waals surface area contributed by atoms with Gasteiger partial charge in [0.15, 0.2) is 0 Å². The Morgan fingerprint density at radius 1 is 1.43 bits per heavy atom. The first-order chi connectivity index (χ1) is 3.06. The Balaban J connectivity index is 3.15. The lowest BCUT2D eigenvalue weighted by atomic mass is 10.9. The van der Waals surface area contributed by atoms with Crippen LogP contribution in [0.5, 0.6) is 0 Å². The van der Waals surface area contributed by atoms with E-state index in [0.717, 1.165) is 6.04 Å². The van der Waals surface area contributed by atoms with Gasteiger partial charge in [-0.2, -0.15) is 0 Å². The molecule has 1 radical (unpaired) electrons. The van der Waals surface area contributed by atoms with E-state index in [1.807, 2.05) is 0 Å². The Bertz CT molecular complexity index is 46.5. The number of rotatable bonds is 2. The fourth-order valence-electron chi connectivity index (χ4n) is 0.274. The average Bonchev–Trinajstić information content (AvgIpc) is 1.30. The van der Waals surface area contributed by atoms with E-state index in [1.54, 1.807) is 0 Å². The van der Waals surface area contributed by atoms with Gasteiger partial charge in [-0.05, 0) is 6.04 Å². The van der Waals surface area contributed by atoms with E-state index >= 15 is 0 Å². The summed E-state index contributed by atoms with van der Waals surface area (Å²) in [6.07, 6.45) is 0. The van der Waals surface area contributed by atoms with Crippen LogP contribution in [0.4, 0.5) is 0 Å². The Morgan fingerprint density at radius 2 is 1.86 bits per heavy atom. The second-order valence-electron chi connectivity index (χ2n) is 2.95. The maximum absolute atomic E-state index is 8.31. The van der Waals surface area contributed by atoms with Crippen molar-refractivity contribution in [1.29, 1.82) is 0 Å². The smallest absolute Gasteiger partial charge is 0.0773 e. The van der Waals surface area contributed by atoms with E-state index in [2.05, 4.69) is 19.6 Å². The highest BCUT2D eigenvalue weighted by Crippen LogP contribution is 2.07. The van der Waals surface area contributed by atoms with Gasteiger partial charge in [0.1, 0.15) is 0 Å². The van der Waals surface area contributed by atoms with Crippen LogP contribution in [0, 0.1) is 6.61 Å². The first-order valence-electron chi connectivity index (χ1n) is 2.52. The molecule has 1 nitrogen and oxygen atoms in total. The van der Waals surface area contributed by atoms with Gasteiger partial charge in [0.25, 0.3) is 0 Å². The van der Waals surface area contributed by atoms with Crippen LogP contribution in [0.1, 0.15) is 0 Å². The molecule has 0 aromatic carbocycles. The normalized spacial score (nSPS) is 12.0. The summed E-state index contributed by atoms with van der Waals surface area (Å²) >= 11 is 0. The summed E-state index contributed by atoms with van der Waals surface area (Å²) in [6.45, 7) is 7.94. The standard InChI is InChI=1S/C5H13OSi/c1-7(2,3)5-4-6/h4,6H,5H2,1-3H3. The monoisotopic (exact) mass is 117 g/mol. The minimum atomic E-state index is -0.963. The van der Waals surface area contributed by atoms with Crippen molar-refractivity contribution < 1.29 is 5.11 Å². The van der Waals surface area contributed by atoms with Crippen molar-refractivity contribution in [3.05, 3.63) is 6.61 Å². The van der Waals surface area contributed by atoms with Gasteiger partial charge in [-0.1, -0.05) is 19.6 Å². The molecule has 0 bridgehead atoms. The zero-order chi connectivity index (χ0) is 5.91. The number of aliphatic hydroxyl groups excluding tert-OH is 1. The minimum Gasteiger partial charge on any atom is -0.391 e. The van der Waals surface area contributed by atoms with Gasteiger partial charge in [-0.15, -0.1) is 0 Å². The van der Waals surface area contributed by atoms with Crippen molar-refractivity contribution in [3.8, 4) is 0 Å². The summed E-state index contributed by atoms with van der Waals surface area (Å²) in [5.41, 5.74) is 0. The second kappa shape index (κ2) is 2.48. The average molecular weight is 117 g/mol. The van der Waals surface area contributed by atoms with Crippen molar-refractivity contribution in [2.45, 2.75) is 25.7 Å². The molecule has 0 saturated heterocycles. The van der Waals surface area contributed by atoms with Gasteiger partial charge in [-0.3, -0.25) is 0 Å². The number of hydrogen-bond acceptors (Lipinski definition) is 1. The molecule has 0 aromatic heterocycles. The topological polar surface area (TPSA) is 20.2 Å². The first kappa shape index (κ1) is 7.18. The zero-order valence-electron chi connectivity index (χ0n) is 5.23. The highest BCUT2D eigenvalue weighted by molar-refractivity contribution is 6.76. The van der Waals surface area contributed by atoms with Crippen molar-refractivity contribution in [2.24, 2.45) is 0 Å². The maximum Gasteiger partial charge on any atom is 0.0773 e. The fraction of sp³-hybridized carbons (Fsp3) is 0.800. The summed E-state index contributed by atoms with van der Waals surface area (Å²) in [7, 11) is -0.963. The van der Waals surface area contributed by atoms with E-state index < -0.39 is 8.07 Å². The lowest BCUT2D eigenvalue weighted by molar-refractivity contribution is 0.400. The van der Waals surface area contributed by atoms with E-state index in [1.165, 1.54) is 6.61 Å². The third-order valence-corrected chi connectivity index (χ3v) is 2.11. The van der Waals surface area contributed by atoms with Crippen LogP contribution < -0.4 is 0 Å². The highest BCUT2D eigenvalue weighted by atomic mass is 28.3. The Labute approximate surface area is 46.4 Å². The molecule has 0 rings (SSSR count). The lowest BCUT2D eigenvalue weighted by Crippen LogP contribution is -2.18. The Kier molecular flexibility index (Phi) is 2.54. The van der Waals surface area contributed by atoms with Crippen LogP contribution in [0.3, 0.4) is 0 Å². The molecule has 0 heterocycles. The van der Waals surface area contributed by atoms with E-state index in [-0.39, 0.29) is 0 Å². The van der Waals surface area contributed by atoms with Gasteiger partial charge in [0.05, 0.1) is 6.61 Å². The molecule has 0 spiro atoms. The van der Waals surface area contributed by atoms with Gasteiger partial charge in [0.2, 0.25) is 0 Å². The molecule has 2 heteroatoms. The van der Waals surface area contributed by atoms with Crippen molar-refractivity contribution in [3.63, 3.8) is 0 Å². The molecule has 0 aliphatic heterocycles. The minimum absolute atomic E-state index is 0.910. The van der Waals surface area contributed by atoms with E-state index in [0.29, 0.717) is 0 Å². The van der Waals surface area contributed by atoms with Crippen LogP contribution in [0.2, 0.25) is 25.7 Å². The molecule has 0 aliphatic carbocycles. The van der Waals surface area contributed by atoms with Gasteiger partial charge in [-0.25, -0.2) is 0 Å². The van der Waals surface area contributed by atoms with Gasteiger partial charge in [0, 0.05) is 8.07 Å². The molecule has 0 aromatic rings. The van der Waals surface area contributed by atoms with Crippen molar-refractivity contribution in [2.75, 3.05) is 0 Å². The molecule has 0 atom stereocenters. The molecule has 43 valence electrons. The molecular formula is C5H13OSi. The molecule has 0 saturated carbocycles. The summed E-state index contributed by atoms with van der Waals surface area (Å²) < 4.78 is 0. The van der Waals surface area contributed by atoms with Crippen molar-refractivity contribution >= 4 is 8.07 Å². The third kappa shape index (κ3) is 6.18. The van der Waals surface area contributed by atoms with Crippen LogP contribution in [0.15, 0.2) is 0 Å². The van der Waals surface area contributed by atoms with Crippen LogP contribution in [0.25, 0.3) is 0 Å². The summed E-state index contributed by atoms with van der Waals surface area (Å²) in [6, 6.07) is 0.910. The number of hydrogen-bond donors (Lipinski definition) is 1. The van der Waals surface area contributed by atoms with Crippen LogP contribution >= 0.6 is 0 Å². The highest BCUT2D eigenvalue weighted by Gasteiger charge is 2.10. The first-order valence-corrected chi connectivity index (χ1v) is 6.23. The summed E-state index contributed by atoms with van der Waals surface area (Å²) in [5, 5.41) is 8.31. The molecule has 0 amide bonds. The molecular weight excluding hydrogens is 104 g/mol. The second-order valence-corrected chi connectivity index (χ2v) is 8.48. The third-order valence-electron chi connectivity index (χ3n) is 0.704. The largest absolute Gasteiger partial charge is 0.391 e. The van der Waals surface area contributed by atoms with Crippen LogP contribution in [-0.2, 0) is 0 Å². The van der Waals surface area contributed by atoms with Gasteiger partial charge < -0.3 is 5.11 Å². The van der Waals surface area contributed by atoms with Crippen LogP contribution in [-0.4, -0.2) is 13.2 Å². The predicted octanol–water partition coefficient (Wildman–Crippen LogP) is 1.86. The Hall–Kier alpha value is 0.177. The molecule has 0 fully saturated rings. The quantitative estimate of drug-likeness (QED) is 0.547. The molecule has 7 heavy (non-hydrogen) atoms. The maximum atomic E-state index is 8.31. The summed E-state index contributed by atoms with van der Waals surface area (Å²) in [5.74, 6) is 0. The van der Waals surface area contributed by atoms with Gasteiger partial charge >= 0.3 is 0 Å². The molecule has 0 unspecified atom stereocenters. The fourth-order valence-corrected chi connectivity index (χ4v) is 0.822. The predicted molar refractivity (Wildman–Crippen MR) is 34.4 cm³/mol. The SMILES string of the molecule is C[Si](C)(C)C[CH]O. The van der Waals surface area contributed by atoms with Crippen molar-refractivity contribution in [1.82, 2.24) is 0 Å². The molecule has 1 N–H and O–H groups in total. The van der Waals surface area contributed by atoms with E-state index in [4.69, 9.17) is 5.11 Å². The summed E-state index contributed by atoms with van der Waals surface area (Å²) in [4.78, 5) is 0. The number of aliphatic hydroxyl groups is 1. The van der Waals surface area contributed by atoms with E-state index in [9.17, 15) is 0 Å². The Morgan fingerprint density at radius 3 is 1.86 bits per heavy atom. The zero-order valence-corrected chi connectivity index (χ0v) is 6.23. The lowest BCUT2D eigenvalue weighted by Gasteiger charge is -2.11. The molecule has 0 aliphatic rings.